The highest BCUT2D eigenvalue weighted by Crippen LogP contribution is 2.23. The summed E-state index contributed by atoms with van der Waals surface area (Å²) < 4.78 is 32.7. The van der Waals surface area contributed by atoms with Gasteiger partial charge in [0.15, 0.2) is 0 Å². The van der Waals surface area contributed by atoms with Crippen molar-refractivity contribution in [2.45, 2.75) is 18.4 Å². The molecule has 0 unspecified atom stereocenters. The lowest BCUT2D eigenvalue weighted by Gasteiger charge is -2.27. The van der Waals surface area contributed by atoms with Gasteiger partial charge in [-0.3, -0.25) is 4.79 Å². The summed E-state index contributed by atoms with van der Waals surface area (Å²) in [6.07, 6.45) is 0. The van der Waals surface area contributed by atoms with E-state index in [1.54, 1.807) is 43.1 Å². The highest BCUT2D eigenvalue weighted by Gasteiger charge is 2.28. The maximum absolute atomic E-state index is 13.0. The van der Waals surface area contributed by atoms with Gasteiger partial charge < -0.3 is 9.64 Å². The fraction of sp³-hybridized carbons (Fsp3) is 0.350. The zero-order valence-electron chi connectivity index (χ0n) is 15.9. The monoisotopic (exact) mass is 422 g/mol. The van der Waals surface area contributed by atoms with Gasteiger partial charge in [-0.05, 0) is 42.3 Å². The first-order valence-corrected chi connectivity index (χ1v) is 10.8. The number of nitrogens with zero attached hydrogens (tertiary/aromatic N) is 2. The number of hydrogen-bond acceptors (Lipinski definition) is 4. The van der Waals surface area contributed by atoms with E-state index in [0.29, 0.717) is 49.0 Å². The summed E-state index contributed by atoms with van der Waals surface area (Å²) in [6.45, 7) is 3.52. The van der Waals surface area contributed by atoms with E-state index in [1.165, 1.54) is 10.4 Å². The lowest BCUT2D eigenvalue weighted by molar-refractivity contribution is 0.0730. The number of carbonyl (C=O) groups is 1. The number of hydrogen-bond donors (Lipinski definition) is 0. The number of rotatable bonds is 5. The molecule has 0 aromatic heterocycles. The number of carbonyl (C=O) groups excluding carboxylic acids is 1. The van der Waals surface area contributed by atoms with Gasteiger partial charge >= 0.3 is 0 Å². The highest BCUT2D eigenvalue weighted by atomic mass is 35.5. The largest absolute Gasteiger partial charge is 0.379 e. The van der Waals surface area contributed by atoms with E-state index in [2.05, 4.69) is 0 Å². The van der Waals surface area contributed by atoms with Crippen LogP contribution in [0.15, 0.2) is 47.4 Å². The summed E-state index contributed by atoms with van der Waals surface area (Å²) in [4.78, 5) is 14.6. The van der Waals surface area contributed by atoms with E-state index in [-0.39, 0.29) is 10.8 Å². The van der Waals surface area contributed by atoms with Crippen LogP contribution in [0.4, 0.5) is 0 Å². The number of ether oxygens (including phenoxy) is 1. The fourth-order valence-electron chi connectivity index (χ4n) is 3.09. The van der Waals surface area contributed by atoms with Crippen molar-refractivity contribution >= 4 is 27.5 Å². The second kappa shape index (κ2) is 8.61. The number of aryl methyl sites for hydroxylation is 1. The predicted molar refractivity (Wildman–Crippen MR) is 108 cm³/mol. The standard InChI is InChI=1S/C20H23ClN2O4S/c1-15-3-6-17(13-19(15)28(25,26)23-9-11-27-12-10-23)20(24)22(2)14-16-4-7-18(21)8-5-16/h3-8,13H,9-12,14H2,1-2H3. The van der Waals surface area contributed by atoms with Gasteiger partial charge in [0.1, 0.15) is 0 Å². The van der Waals surface area contributed by atoms with E-state index in [1.807, 2.05) is 12.1 Å². The first kappa shape index (κ1) is 20.8. The summed E-state index contributed by atoms with van der Waals surface area (Å²) >= 11 is 5.90. The molecule has 0 atom stereocenters. The zero-order chi connectivity index (χ0) is 20.3. The van der Waals surface area contributed by atoms with Crippen LogP contribution in [0.5, 0.6) is 0 Å². The SMILES string of the molecule is Cc1ccc(C(=O)N(C)Cc2ccc(Cl)cc2)cc1S(=O)(=O)N1CCOCC1. The Kier molecular flexibility index (Phi) is 6.40. The second-order valence-corrected chi connectivity index (χ2v) is 9.13. The van der Waals surface area contributed by atoms with Crippen LogP contribution in [0.3, 0.4) is 0 Å². The quantitative estimate of drug-likeness (QED) is 0.743. The molecule has 1 saturated heterocycles. The van der Waals surface area contributed by atoms with Crippen molar-refractivity contribution in [3.63, 3.8) is 0 Å². The Morgan fingerprint density at radius 1 is 1.14 bits per heavy atom. The highest BCUT2D eigenvalue weighted by molar-refractivity contribution is 7.89. The molecule has 1 aliphatic rings. The average Bonchev–Trinajstić information content (AvgIpc) is 2.70. The van der Waals surface area contributed by atoms with Crippen molar-refractivity contribution in [1.82, 2.24) is 9.21 Å². The molecular weight excluding hydrogens is 400 g/mol. The van der Waals surface area contributed by atoms with E-state index >= 15 is 0 Å². The molecule has 0 aliphatic carbocycles. The van der Waals surface area contributed by atoms with Crippen LogP contribution in [-0.2, 0) is 21.3 Å². The van der Waals surface area contributed by atoms with Crippen LogP contribution >= 0.6 is 11.6 Å². The Hall–Kier alpha value is -1.93. The Bertz CT molecular complexity index is 955. The van der Waals surface area contributed by atoms with E-state index in [4.69, 9.17) is 16.3 Å². The maximum atomic E-state index is 13.0. The normalized spacial score (nSPS) is 15.4. The molecule has 1 amide bonds. The smallest absolute Gasteiger partial charge is 0.253 e. The Morgan fingerprint density at radius 3 is 2.43 bits per heavy atom. The summed E-state index contributed by atoms with van der Waals surface area (Å²) in [6, 6.07) is 12.1. The molecule has 150 valence electrons. The van der Waals surface area contributed by atoms with Crippen LogP contribution in [0.2, 0.25) is 5.02 Å². The van der Waals surface area contributed by atoms with Crippen molar-refractivity contribution in [1.29, 1.82) is 0 Å². The lowest BCUT2D eigenvalue weighted by Crippen LogP contribution is -2.41. The maximum Gasteiger partial charge on any atom is 0.253 e. The molecule has 0 N–H and O–H groups in total. The molecule has 1 aliphatic heterocycles. The first-order valence-electron chi connectivity index (χ1n) is 8.97. The second-order valence-electron chi connectivity index (χ2n) is 6.78. The molecule has 1 heterocycles. The molecule has 2 aromatic carbocycles. The van der Waals surface area contributed by atoms with Gasteiger partial charge in [0.25, 0.3) is 5.91 Å². The lowest BCUT2D eigenvalue weighted by atomic mass is 10.1. The van der Waals surface area contributed by atoms with Gasteiger partial charge in [0, 0.05) is 37.3 Å². The molecule has 6 nitrogen and oxygen atoms in total. The summed E-state index contributed by atoms with van der Waals surface area (Å²) in [7, 11) is -1.98. The third-order valence-corrected chi connectivity index (χ3v) is 7.00. The molecule has 2 aromatic rings. The van der Waals surface area contributed by atoms with E-state index in [0.717, 1.165) is 5.56 Å². The number of benzene rings is 2. The van der Waals surface area contributed by atoms with Crippen molar-refractivity contribution < 1.29 is 17.9 Å². The van der Waals surface area contributed by atoms with Crippen molar-refractivity contribution in [2.75, 3.05) is 33.4 Å². The minimum absolute atomic E-state index is 0.167. The molecule has 0 saturated carbocycles. The van der Waals surface area contributed by atoms with Crippen molar-refractivity contribution in [3.8, 4) is 0 Å². The molecule has 28 heavy (non-hydrogen) atoms. The van der Waals surface area contributed by atoms with Crippen LogP contribution in [0, 0.1) is 6.92 Å². The van der Waals surface area contributed by atoms with Crippen molar-refractivity contribution in [2.24, 2.45) is 0 Å². The third-order valence-electron chi connectivity index (χ3n) is 4.70. The Labute approximate surface area is 170 Å². The topological polar surface area (TPSA) is 66.9 Å². The summed E-state index contributed by atoms with van der Waals surface area (Å²) in [5, 5.41) is 0.634. The van der Waals surface area contributed by atoms with Gasteiger partial charge in [0.2, 0.25) is 10.0 Å². The molecule has 0 radical (unpaired) electrons. The third kappa shape index (κ3) is 4.55. The molecule has 8 heteroatoms. The number of morpholine rings is 1. The fourth-order valence-corrected chi connectivity index (χ4v) is 4.88. The van der Waals surface area contributed by atoms with E-state index in [9.17, 15) is 13.2 Å². The minimum Gasteiger partial charge on any atom is -0.379 e. The van der Waals surface area contributed by atoms with Crippen LogP contribution < -0.4 is 0 Å². The number of halogens is 1. The number of amides is 1. The molecule has 3 rings (SSSR count). The molecular formula is C20H23ClN2O4S. The van der Waals surface area contributed by atoms with Gasteiger partial charge in [-0.1, -0.05) is 29.8 Å². The number of sulfonamides is 1. The molecule has 0 bridgehead atoms. The summed E-state index contributed by atoms with van der Waals surface area (Å²) in [5.74, 6) is -0.242. The van der Waals surface area contributed by atoms with Crippen LogP contribution in [-0.4, -0.2) is 56.9 Å². The van der Waals surface area contributed by atoms with Gasteiger partial charge in [-0.25, -0.2) is 8.42 Å². The Morgan fingerprint density at radius 2 is 1.79 bits per heavy atom. The zero-order valence-corrected chi connectivity index (χ0v) is 17.5. The first-order chi connectivity index (χ1) is 13.3. The predicted octanol–water partition coefficient (Wildman–Crippen LogP) is 2.94. The molecule has 0 spiro atoms. The summed E-state index contributed by atoms with van der Waals surface area (Å²) in [5.41, 5.74) is 1.89. The van der Waals surface area contributed by atoms with E-state index < -0.39 is 10.0 Å². The van der Waals surface area contributed by atoms with Crippen LogP contribution in [0.1, 0.15) is 21.5 Å². The van der Waals surface area contributed by atoms with Crippen LogP contribution in [0.25, 0.3) is 0 Å². The van der Waals surface area contributed by atoms with Crippen molar-refractivity contribution in [3.05, 3.63) is 64.2 Å². The average molecular weight is 423 g/mol. The van der Waals surface area contributed by atoms with Gasteiger partial charge in [0.05, 0.1) is 18.1 Å². The molecule has 1 fully saturated rings. The van der Waals surface area contributed by atoms with Gasteiger partial charge in [-0.2, -0.15) is 4.31 Å². The Balaban J connectivity index is 1.83. The minimum atomic E-state index is -3.67. The van der Waals surface area contributed by atoms with Gasteiger partial charge in [-0.15, -0.1) is 0 Å².